The number of benzene rings is 2. The van der Waals surface area contributed by atoms with Crippen molar-refractivity contribution >= 4 is 45.4 Å². The van der Waals surface area contributed by atoms with Gasteiger partial charge in [-0.15, -0.1) is 0 Å². The summed E-state index contributed by atoms with van der Waals surface area (Å²) in [5.41, 5.74) is 2.94. The molecule has 3 nitrogen and oxygen atoms in total. The normalized spacial score (nSPS) is 10.7. The summed E-state index contributed by atoms with van der Waals surface area (Å²) in [6.07, 6.45) is 0. The summed E-state index contributed by atoms with van der Waals surface area (Å²) >= 11 is 3.51. The maximum absolute atomic E-state index is 5.76. The lowest BCUT2D eigenvalue weighted by molar-refractivity contribution is 0.307. The van der Waals surface area contributed by atoms with Crippen molar-refractivity contribution in [3.05, 3.63) is 51.6 Å². The number of hydrogen-bond acceptors (Lipinski definition) is 4. The van der Waals surface area contributed by atoms with Crippen LogP contribution >= 0.6 is 34.3 Å². The van der Waals surface area contributed by atoms with E-state index in [4.69, 9.17) is 4.74 Å². The molecule has 0 aliphatic rings. The summed E-state index contributed by atoms with van der Waals surface area (Å²) in [6, 6.07) is 14.0. The Bertz CT molecular complexity index is 666. The number of halogens is 1. The first-order valence-electron chi connectivity index (χ1n) is 5.41. The number of rotatable bonds is 3. The largest absolute Gasteiger partial charge is 0.489 e. The van der Waals surface area contributed by atoms with Gasteiger partial charge < -0.3 is 4.74 Å². The van der Waals surface area contributed by atoms with Gasteiger partial charge in [-0.25, -0.2) is 0 Å². The van der Waals surface area contributed by atoms with Crippen LogP contribution in [0.15, 0.2) is 42.5 Å². The Labute approximate surface area is 122 Å². The Balaban J connectivity index is 1.80. The van der Waals surface area contributed by atoms with Crippen LogP contribution in [0.2, 0.25) is 0 Å². The number of ether oxygens (including phenoxy) is 1. The van der Waals surface area contributed by atoms with Crippen molar-refractivity contribution < 1.29 is 4.74 Å². The molecule has 0 aliphatic carbocycles. The van der Waals surface area contributed by atoms with Crippen LogP contribution in [0.25, 0.3) is 11.0 Å². The molecule has 0 aliphatic heterocycles. The molecule has 18 heavy (non-hydrogen) atoms. The number of hydrogen-bond donors (Lipinski definition) is 0. The van der Waals surface area contributed by atoms with Crippen molar-refractivity contribution in [1.82, 2.24) is 8.75 Å². The molecule has 2 aromatic carbocycles. The molecule has 3 rings (SSSR count). The Morgan fingerprint density at radius 3 is 2.72 bits per heavy atom. The van der Waals surface area contributed by atoms with E-state index in [9.17, 15) is 0 Å². The van der Waals surface area contributed by atoms with E-state index in [0.29, 0.717) is 6.61 Å². The standard InChI is InChI=1S/C13H9IN2OS/c14-10-4-6-11(7-5-10)17-8-9-2-1-3-12-13(9)16-18-15-12/h1-7H,8H2. The molecule has 5 heteroatoms. The van der Waals surface area contributed by atoms with E-state index in [-0.39, 0.29) is 0 Å². The molecule has 0 unspecified atom stereocenters. The highest BCUT2D eigenvalue weighted by molar-refractivity contribution is 14.1. The van der Waals surface area contributed by atoms with Gasteiger partial charge in [-0.1, -0.05) is 12.1 Å². The first-order chi connectivity index (χ1) is 8.83. The van der Waals surface area contributed by atoms with E-state index >= 15 is 0 Å². The smallest absolute Gasteiger partial charge is 0.119 e. The maximum Gasteiger partial charge on any atom is 0.119 e. The fourth-order valence-corrected chi connectivity index (χ4v) is 2.60. The molecule has 3 aromatic rings. The molecule has 0 spiro atoms. The zero-order valence-corrected chi connectivity index (χ0v) is 12.3. The average molecular weight is 368 g/mol. The second-order valence-electron chi connectivity index (χ2n) is 3.79. The van der Waals surface area contributed by atoms with Gasteiger partial charge in [0.05, 0.1) is 11.7 Å². The van der Waals surface area contributed by atoms with Crippen molar-refractivity contribution in [2.45, 2.75) is 6.61 Å². The van der Waals surface area contributed by atoms with Gasteiger partial charge in [0.1, 0.15) is 23.4 Å². The van der Waals surface area contributed by atoms with Crippen LogP contribution < -0.4 is 4.74 Å². The predicted molar refractivity (Wildman–Crippen MR) is 80.9 cm³/mol. The first kappa shape index (κ1) is 11.9. The molecule has 0 saturated heterocycles. The Hall–Kier alpha value is -1.21. The fourth-order valence-electron chi connectivity index (χ4n) is 1.67. The fraction of sp³-hybridized carbons (Fsp3) is 0.0769. The van der Waals surface area contributed by atoms with Gasteiger partial charge in [-0.2, -0.15) is 8.75 Å². The van der Waals surface area contributed by atoms with Crippen LogP contribution in [0.3, 0.4) is 0 Å². The summed E-state index contributed by atoms with van der Waals surface area (Å²) < 4.78 is 15.5. The first-order valence-corrected chi connectivity index (χ1v) is 7.22. The van der Waals surface area contributed by atoms with Crippen molar-refractivity contribution in [3.8, 4) is 5.75 Å². The van der Waals surface area contributed by atoms with Gasteiger partial charge in [-0.3, -0.25) is 0 Å². The molecule has 0 bridgehead atoms. The van der Waals surface area contributed by atoms with E-state index in [1.807, 2.05) is 42.5 Å². The lowest BCUT2D eigenvalue weighted by atomic mass is 10.2. The topological polar surface area (TPSA) is 35.0 Å². The van der Waals surface area contributed by atoms with Crippen molar-refractivity contribution in [1.29, 1.82) is 0 Å². The van der Waals surface area contributed by atoms with E-state index < -0.39 is 0 Å². The number of fused-ring (bicyclic) bond motifs is 1. The summed E-state index contributed by atoms with van der Waals surface area (Å²) in [5, 5.41) is 0. The average Bonchev–Trinajstić information content (AvgIpc) is 2.87. The third kappa shape index (κ3) is 2.46. The van der Waals surface area contributed by atoms with E-state index in [2.05, 4.69) is 31.3 Å². The van der Waals surface area contributed by atoms with Crippen LogP contribution in [0.5, 0.6) is 5.75 Å². The third-order valence-corrected chi connectivity index (χ3v) is 3.84. The van der Waals surface area contributed by atoms with E-state index in [1.54, 1.807) is 0 Å². The lowest BCUT2D eigenvalue weighted by Gasteiger charge is -2.06. The minimum absolute atomic E-state index is 0.517. The molecule has 0 amide bonds. The second kappa shape index (κ2) is 5.19. The molecule has 0 radical (unpaired) electrons. The zero-order valence-electron chi connectivity index (χ0n) is 9.34. The molecule has 1 heterocycles. The predicted octanol–water partition coefficient (Wildman–Crippen LogP) is 3.87. The molecule has 0 atom stereocenters. The highest BCUT2D eigenvalue weighted by Gasteiger charge is 2.05. The minimum atomic E-state index is 0.517. The number of aromatic nitrogens is 2. The van der Waals surface area contributed by atoms with Gasteiger partial charge in [0.25, 0.3) is 0 Å². The van der Waals surface area contributed by atoms with Crippen molar-refractivity contribution in [2.75, 3.05) is 0 Å². The Morgan fingerprint density at radius 1 is 1.06 bits per heavy atom. The third-order valence-electron chi connectivity index (χ3n) is 2.58. The monoisotopic (exact) mass is 368 g/mol. The summed E-state index contributed by atoms with van der Waals surface area (Å²) in [4.78, 5) is 0. The van der Waals surface area contributed by atoms with Crippen molar-refractivity contribution in [2.24, 2.45) is 0 Å². The second-order valence-corrected chi connectivity index (χ2v) is 5.57. The Morgan fingerprint density at radius 2 is 1.89 bits per heavy atom. The van der Waals surface area contributed by atoms with Crippen LogP contribution in [0.1, 0.15) is 5.56 Å². The van der Waals surface area contributed by atoms with Crippen molar-refractivity contribution in [3.63, 3.8) is 0 Å². The molecule has 0 saturated carbocycles. The van der Waals surface area contributed by atoms with E-state index in [1.165, 1.54) is 15.3 Å². The summed E-state index contributed by atoms with van der Waals surface area (Å²) in [5.74, 6) is 0.871. The van der Waals surface area contributed by atoms with Crippen LogP contribution in [-0.4, -0.2) is 8.75 Å². The highest BCUT2D eigenvalue weighted by Crippen LogP contribution is 2.19. The summed E-state index contributed by atoms with van der Waals surface area (Å²) in [6.45, 7) is 0.517. The highest BCUT2D eigenvalue weighted by atomic mass is 127. The minimum Gasteiger partial charge on any atom is -0.489 e. The SMILES string of the molecule is Ic1ccc(OCc2cccc3nsnc23)cc1. The van der Waals surface area contributed by atoms with Gasteiger partial charge in [-0.05, 0) is 52.9 Å². The summed E-state index contributed by atoms with van der Waals surface area (Å²) in [7, 11) is 0. The molecular formula is C13H9IN2OS. The molecule has 0 fully saturated rings. The quantitative estimate of drug-likeness (QED) is 0.659. The zero-order chi connectivity index (χ0) is 12.4. The van der Waals surface area contributed by atoms with Gasteiger partial charge in [0.15, 0.2) is 0 Å². The molecule has 1 aromatic heterocycles. The molecule has 90 valence electrons. The number of nitrogens with zero attached hydrogens (tertiary/aromatic N) is 2. The maximum atomic E-state index is 5.76. The van der Waals surface area contributed by atoms with Gasteiger partial charge in [0.2, 0.25) is 0 Å². The van der Waals surface area contributed by atoms with Crippen LogP contribution in [0, 0.1) is 3.57 Å². The van der Waals surface area contributed by atoms with Crippen LogP contribution in [0.4, 0.5) is 0 Å². The lowest BCUT2D eigenvalue weighted by Crippen LogP contribution is -1.96. The Kier molecular flexibility index (Phi) is 3.42. The molecular weight excluding hydrogens is 359 g/mol. The van der Waals surface area contributed by atoms with Crippen LogP contribution in [-0.2, 0) is 6.61 Å². The van der Waals surface area contributed by atoms with E-state index in [0.717, 1.165) is 22.3 Å². The molecule has 0 N–H and O–H groups in total. The van der Waals surface area contributed by atoms with Gasteiger partial charge in [0, 0.05) is 9.13 Å². The van der Waals surface area contributed by atoms with Gasteiger partial charge >= 0.3 is 0 Å².